The molecule has 0 aliphatic carbocycles. The van der Waals surface area contributed by atoms with Crippen molar-refractivity contribution in [1.29, 1.82) is 0 Å². The monoisotopic (exact) mass is 356 g/mol. The van der Waals surface area contributed by atoms with Crippen molar-refractivity contribution in [3.8, 4) is 0 Å². The van der Waals surface area contributed by atoms with E-state index in [0.29, 0.717) is 11.5 Å². The zero-order valence-corrected chi connectivity index (χ0v) is 15.6. The molecule has 1 aromatic heterocycles. The van der Waals surface area contributed by atoms with Crippen molar-refractivity contribution in [1.82, 2.24) is 9.88 Å². The first-order valence-electron chi connectivity index (χ1n) is 8.67. The average molecular weight is 356 g/mol. The predicted octanol–water partition coefficient (Wildman–Crippen LogP) is 4.04. The minimum absolute atomic E-state index is 0.0393. The van der Waals surface area contributed by atoms with Crippen LogP contribution in [0, 0.1) is 12.8 Å². The summed E-state index contributed by atoms with van der Waals surface area (Å²) in [5, 5.41) is 0.773. The fraction of sp³-hybridized carbons (Fsp3) is 0.400. The molecule has 1 fully saturated rings. The minimum Gasteiger partial charge on any atom is -0.381 e. The number of rotatable bonds is 5. The molecule has 0 saturated carbocycles. The van der Waals surface area contributed by atoms with Crippen LogP contribution in [0.3, 0.4) is 0 Å². The van der Waals surface area contributed by atoms with Gasteiger partial charge in [-0.15, -0.1) is 0 Å². The quantitative estimate of drug-likeness (QED) is 0.811. The summed E-state index contributed by atoms with van der Waals surface area (Å²) in [4.78, 5) is 20.5. The van der Waals surface area contributed by atoms with Gasteiger partial charge in [-0.1, -0.05) is 30.0 Å². The van der Waals surface area contributed by atoms with Crippen molar-refractivity contribution in [2.45, 2.75) is 29.7 Å². The van der Waals surface area contributed by atoms with Gasteiger partial charge in [-0.05, 0) is 49.9 Å². The molecule has 1 amide bonds. The lowest BCUT2D eigenvalue weighted by atomic mass is 9.99. The molecule has 0 N–H and O–H groups in total. The Morgan fingerprint density at radius 2 is 1.92 bits per heavy atom. The number of hydrogen-bond acceptors (Lipinski definition) is 4. The lowest BCUT2D eigenvalue weighted by Crippen LogP contribution is -2.34. The van der Waals surface area contributed by atoms with Crippen LogP contribution >= 0.6 is 11.8 Å². The number of nitrogens with zero attached hydrogens (tertiary/aromatic N) is 2. The highest BCUT2D eigenvalue weighted by Gasteiger charge is 2.22. The summed E-state index contributed by atoms with van der Waals surface area (Å²) < 4.78 is 5.41. The molecule has 1 aliphatic heterocycles. The largest absolute Gasteiger partial charge is 0.381 e. The first kappa shape index (κ1) is 18.0. The smallest absolute Gasteiger partial charge is 0.256 e. The molecule has 2 heterocycles. The van der Waals surface area contributed by atoms with Crippen LogP contribution in [0.2, 0.25) is 0 Å². The number of amides is 1. The third-order valence-corrected chi connectivity index (χ3v) is 5.42. The van der Waals surface area contributed by atoms with Gasteiger partial charge in [-0.25, -0.2) is 4.98 Å². The summed E-state index contributed by atoms with van der Waals surface area (Å²) in [6.07, 6.45) is 2.05. The molecule has 0 radical (unpaired) electrons. The normalized spacial score (nSPS) is 15.1. The SMILES string of the molecule is Cc1ccc(C(=O)N(C)CC2CCOCC2)c(Sc2ccccc2)n1. The van der Waals surface area contributed by atoms with Gasteiger partial charge >= 0.3 is 0 Å². The lowest BCUT2D eigenvalue weighted by Gasteiger charge is -2.27. The van der Waals surface area contributed by atoms with Crippen LogP contribution in [-0.4, -0.2) is 42.6 Å². The summed E-state index contributed by atoms with van der Waals surface area (Å²) in [5.41, 5.74) is 1.59. The van der Waals surface area contributed by atoms with Gasteiger partial charge in [0.1, 0.15) is 5.03 Å². The molecule has 25 heavy (non-hydrogen) atoms. The molecule has 4 nitrogen and oxygen atoms in total. The zero-order valence-electron chi connectivity index (χ0n) is 14.8. The number of carbonyl (C=O) groups excluding carboxylic acids is 1. The predicted molar refractivity (Wildman–Crippen MR) is 100 cm³/mol. The number of pyridine rings is 1. The van der Waals surface area contributed by atoms with Gasteiger partial charge in [-0.3, -0.25) is 4.79 Å². The summed E-state index contributed by atoms with van der Waals surface area (Å²) in [6.45, 7) is 4.32. The average Bonchev–Trinajstić information content (AvgIpc) is 2.63. The molecule has 0 bridgehead atoms. The molecule has 3 rings (SSSR count). The fourth-order valence-electron chi connectivity index (χ4n) is 2.98. The van der Waals surface area contributed by atoms with Gasteiger partial charge in [-0.2, -0.15) is 0 Å². The van der Waals surface area contributed by atoms with Gasteiger partial charge in [0, 0.05) is 37.4 Å². The Labute approximate surface area is 153 Å². The van der Waals surface area contributed by atoms with Gasteiger partial charge < -0.3 is 9.64 Å². The maximum Gasteiger partial charge on any atom is 0.256 e. The van der Waals surface area contributed by atoms with Crippen molar-refractivity contribution in [2.75, 3.05) is 26.8 Å². The number of ether oxygens (including phenoxy) is 1. The first-order valence-corrected chi connectivity index (χ1v) is 9.49. The highest BCUT2D eigenvalue weighted by atomic mass is 32.2. The van der Waals surface area contributed by atoms with Gasteiger partial charge in [0.15, 0.2) is 0 Å². The van der Waals surface area contributed by atoms with Crippen molar-refractivity contribution in [3.05, 3.63) is 53.7 Å². The second-order valence-corrected chi connectivity index (χ2v) is 7.52. The second kappa shape index (κ2) is 8.50. The molecule has 2 aromatic rings. The van der Waals surface area contributed by atoms with Gasteiger partial charge in [0.2, 0.25) is 0 Å². The van der Waals surface area contributed by atoms with E-state index in [1.807, 2.05) is 61.3 Å². The van der Waals surface area contributed by atoms with E-state index in [1.165, 1.54) is 0 Å². The number of aromatic nitrogens is 1. The van der Waals surface area contributed by atoms with Crippen molar-refractivity contribution >= 4 is 17.7 Å². The van der Waals surface area contributed by atoms with Crippen LogP contribution in [-0.2, 0) is 4.74 Å². The molecule has 0 unspecified atom stereocenters. The van der Waals surface area contributed by atoms with E-state index in [-0.39, 0.29) is 5.91 Å². The van der Waals surface area contributed by atoms with E-state index in [1.54, 1.807) is 11.8 Å². The van der Waals surface area contributed by atoms with Crippen LogP contribution in [0.25, 0.3) is 0 Å². The highest BCUT2D eigenvalue weighted by Crippen LogP contribution is 2.30. The Kier molecular flexibility index (Phi) is 6.10. The second-order valence-electron chi connectivity index (χ2n) is 6.46. The third-order valence-electron chi connectivity index (χ3n) is 4.41. The minimum atomic E-state index is 0.0393. The molecule has 1 aromatic carbocycles. The van der Waals surface area contributed by atoms with Gasteiger partial charge in [0.25, 0.3) is 5.91 Å². The highest BCUT2D eigenvalue weighted by molar-refractivity contribution is 7.99. The molecule has 0 atom stereocenters. The van der Waals surface area contributed by atoms with E-state index in [2.05, 4.69) is 4.98 Å². The lowest BCUT2D eigenvalue weighted by molar-refractivity contribution is 0.0495. The van der Waals surface area contributed by atoms with Crippen LogP contribution in [0.5, 0.6) is 0 Å². The standard InChI is InChI=1S/C20H24N2O2S/c1-15-8-9-18(19(21-15)25-17-6-4-3-5-7-17)20(23)22(2)14-16-10-12-24-13-11-16/h3-9,16H,10-14H2,1-2H3. The number of benzene rings is 1. The van der Waals surface area contributed by atoms with E-state index < -0.39 is 0 Å². The number of carbonyl (C=O) groups is 1. The molecule has 1 saturated heterocycles. The van der Waals surface area contributed by atoms with E-state index in [0.717, 1.165) is 48.2 Å². The van der Waals surface area contributed by atoms with Gasteiger partial charge in [0.05, 0.1) is 5.56 Å². The molecule has 1 aliphatic rings. The Morgan fingerprint density at radius 3 is 2.64 bits per heavy atom. The summed E-state index contributed by atoms with van der Waals surface area (Å²) >= 11 is 1.54. The van der Waals surface area contributed by atoms with Crippen molar-refractivity contribution in [2.24, 2.45) is 5.92 Å². The Balaban J connectivity index is 1.76. The molecular weight excluding hydrogens is 332 g/mol. The van der Waals surface area contributed by atoms with E-state index in [4.69, 9.17) is 4.74 Å². The molecule has 5 heteroatoms. The maximum atomic E-state index is 13.0. The Morgan fingerprint density at radius 1 is 1.20 bits per heavy atom. The summed E-state index contributed by atoms with van der Waals surface area (Å²) in [5.74, 6) is 0.559. The molecular formula is C20H24N2O2S. The number of hydrogen-bond donors (Lipinski definition) is 0. The van der Waals surface area contributed by atoms with Crippen LogP contribution in [0.4, 0.5) is 0 Å². The third kappa shape index (κ3) is 4.83. The first-order chi connectivity index (χ1) is 12.1. The van der Waals surface area contributed by atoms with Crippen molar-refractivity contribution < 1.29 is 9.53 Å². The Hall–Kier alpha value is -1.85. The fourth-order valence-corrected chi connectivity index (χ4v) is 3.95. The Bertz CT molecular complexity index is 715. The maximum absolute atomic E-state index is 13.0. The zero-order chi connectivity index (χ0) is 17.6. The van der Waals surface area contributed by atoms with Crippen LogP contribution in [0.1, 0.15) is 28.9 Å². The van der Waals surface area contributed by atoms with Crippen molar-refractivity contribution in [3.63, 3.8) is 0 Å². The van der Waals surface area contributed by atoms with Crippen LogP contribution < -0.4 is 0 Å². The van der Waals surface area contributed by atoms with E-state index in [9.17, 15) is 4.79 Å². The summed E-state index contributed by atoms with van der Waals surface area (Å²) in [7, 11) is 1.88. The van der Waals surface area contributed by atoms with Crippen LogP contribution in [0.15, 0.2) is 52.4 Å². The van der Waals surface area contributed by atoms with E-state index >= 15 is 0 Å². The summed E-state index contributed by atoms with van der Waals surface area (Å²) in [6, 6.07) is 13.9. The molecule has 132 valence electrons. The molecule has 0 spiro atoms. The number of aryl methyl sites for hydroxylation is 1. The topological polar surface area (TPSA) is 42.4 Å².